The predicted molar refractivity (Wildman–Crippen MR) is 118 cm³/mol. The van der Waals surface area contributed by atoms with Crippen LogP contribution in [-0.4, -0.2) is 59.4 Å². The lowest BCUT2D eigenvalue weighted by Gasteiger charge is -2.34. The number of nitrogens with two attached hydrogens (primary N) is 1. The zero-order valence-corrected chi connectivity index (χ0v) is 17.8. The first-order valence-electron chi connectivity index (χ1n) is 8.98. The molecule has 1 aliphatic rings. The van der Waals surface area contributed by atoms with Gasteiger partial charge < -0.3 is 20.9 Å². The summed E-state index contributed by atoms with van der Waals surface area (Å²) in [6, 6.07) is 7.00. The van der Waals surface area contributed by atoms with Crippen molar-refractivity contribution in [1.82, 2.24) is 20.2 Å². The lowest BCUT2D eigenvalue weighted by Crippen LogP contribution is -2.49. The SMILES string of the molecule is Cc1ccc(N)cc1C(=O)NCCC(=O)N1CCN(c2ncccn2)CC1.Cl.Cl. The molecule has 29 heavy (non-hydrogen) atoms. The second-order valence-electron chi connectivity index (χ2n) is 6.50. The van der Waals surface area contributed by atoms with Gasteiger partial charge >= 0.3 is 0 Å². The van der Waals surface area contributed by atoms with E-state index < -0.39 is 0 Å². The van der Waals surface area contributed by atoms with Crippen molar-refractivity contribution in [3.8, 4) is 0 Å². The van der Waals surface area contributed by atoms with E-state index in [1.807, 2.05) is 17.9 Å². The van der Waals surface area contributed by atoms with E-state index in [4.69, 9.17) is 5.73 Å². The van der Waals surface area contributed by atoms with Gasteiger partial charge in [0.1, 0.15) is 0 Å². The molecule has 0 saturated carbocycles. The highest BCUT2D eigenvalue weighted by Gasteiger charge is 2.22. The number of piperazine rings is 1. The van der Waals surface area contributed by atoms with Gasteiger partial charge in [0.05, 0.1) is 0 Å². The van der Waals surface area contributed by atoms with Gasteiger partial charge in [0.15, 0.2) is 0 Å². The smallest absolute Gasteiger partial charge is 0.251 e. The van der Waals surface area contributed by atoms with Gasteiger partial charge in [-0.05, 0) is 30.7 Å². The summed E-state index contributed by atoms with van der Waals surface area (Å²) in [6.07, 6.45) is 3.70. The van der Waals surface area contributed by atoms with E-state index >= 15 is 0 Å². The maximum absolute atomic E-state index is 12.4. The highest BCUT2D eigenvalue weighted by Crippen LogP contribution is 2.13. The molecular formula is C19H26Cl2N6O2. The third kappa shape index (κ3) is 6.47. The maximum atomic E-state index is 12.4. The van der Waals surface area contributed by atoms with Gasteiger partial charge in [-0.15, -0.1) is 24.8 Å². The van der Waals surface area contributed by atoms with Crippen LogP contribution in [0.4, 0.5) is 11.6 Å². The summed E-state index contributed by atoms with van der Waals surface area (Å²) >= 11 is 0. The highest BCUT2D eigenvalue weighted by molar-refractivity contribution is 5.96. The molecule has 0 atom stereocenters. The lowest BCUT2D eigenvalue weighted by atomic mass is 10.1. The number of anilines is 2. The Hall–Kier alpha value is -2.58. The van der Waals surface area contributed by atoms with Crippen molar-refractivity contribution in [3.63, 3.8) is 0 Å². The Morgan fingerprint density at radius 3 is 2.41 bits per heavy atom. The quantitative estimate of drug-likeness (QED) is 0.685. The molecule has 2 amide bonds. The van der Waals surface area contributed by atoms with Gasteiger partial charge in [-0.3, -0.25) is 9.59 Å². The van der Waals surface area contributed by atoms with Crippen molar-refractivity contribution in [1.29, 1.82) is 0 Å². The third-order valence-electron chi connectivity index (χ3n) is 4.60. The summed E-state index contributed by atoms with van der Waals surface area (Å²) in [7, 11) is 0. The number of hydrogen-bond acceptors (Lipinski definition) is 6. The number of nitrogens with zero attached hydrogens (tertiary/aromatic N) is 4. The molecule has 0 aliphatic carbocycles. The summed E-state index contributed by atoms with van der Waals surface area (Å²) in [4.78, 5) is 37.0. The first-order chi connectivity index (χ1) is 13.0. The van der Waals surface area contributed by atoms with Crippen LogP contribution < -0.4 is 16.0 Å². The fourth-order valence-electron chi connectivity index (χ4n) is 3.03. The Labute approximate surface area is 182 Å². The van der Waals surface area contributed by atoms with Crippen LogP contribution in [0.5, 0.6) is 0 Å². The number of nitrogens with one attached hydrogen (secondary N) is 1. The number of nitrogen functional groups attached to an aromatic ring is 1. The molecule has 1 aromatic heterocycles. The molecule has 158 valence electrons. The number of hydrogen-bond donors (Lipinski definition) is 2. The second kappa shape index (κ2) is 11.4. The zero-order valence-electron chi connectivity index (χ0n) is 16.2. The molecule has 1 fully saturated rings. The number of aromatic nitrogens is 2. The highest BCUT2D eigenvalue weighted by atomic mass is 35.5. The summed E-state index contributed by atoms with van der Waals surface area (Å²) < 4.78 is 0. The minimum Gasteiger partial charge on any atom is -0.399 e. The fraction of sp³-hybridized carbons (Fsp3) is 0.368. The standard InChI is InChI=1S/C19H24N6O2.2ClH/c1-14-3-4-15(20)13-16(14)18(27)21-8-5-17(26)24-9-11-25(12-10-24)19-22-6-2-7-23-19;;/h2-4,6-7,13H,5,8-12,20H2,1H3,(H,21,27);2*1H. The molecule has 2 heterocycles. The monoisotopic (exact) mass is 440 g/mol. The van der Waals surface area contributed by atoms with Crippen LogP contribution in [0.2, 0.25) is 0 Å². The Morgan fingerprint density at radius 1 is 1.10 bits per heavy atom. The van der Waals surface area contributed by atoms with Crippen LogP contribution in [0, 0.1) is 6.92 Å². The molecule has 3 rings (SSSR count). The average molecular weight is 441 g/mol. The van der Waals surface area contributed by atoms with Gasteiger partial charge in [-0.1, -0.05) is 6.07 Å². The molecule has 1 saturated heterocycles. The third-order valence-corrected chi connectivity index (χ3v) is 4.60. The molecule has 3 N–H and O–H groups in total. The van der Waals surface area contributed by atoms with E-state index in [0.717, 1.165) is 5.56 Å². The van der Waals surface area contributed by atoms with E-state index in [0.29, 0.717) is 49.9 Å². The summed E-state index contributed by atoms with van der Waals surface area (Å²) in [6.45, 7) is 4.80. The normalized spacial score (nSPS) is 13.1. The predicted octanol–water partition coefficient (Wildman–Crippen LogP) is 1.68. The van der Waals surface area contributed by atoms with E-state index in [9.17, 15) is 9.59 Å². The van der Waals surface area contributed by atoms with Gasteiger partial charge in [0.2, 0.25) is 11.9 Å². The molecule has 10 heteroatoms. The summed E-state index contributed by atoms with van der Waals surface area (Å²) in [5.41, 5.74) is 7.68. The number of rotatable bonds is 5. The molecule has 1 aliphatic heterocycles. The number of carbonyl (C=O) groups is 2. The molecule has 1 aromatic carbocycles. The van der Waals surface area contributed by atoms with E-state index in [-0.39, 0.29) is 43.0 Å². The van der Waals surface area contributed by atoms with Gasteiger partial charge in [0.25, 0.3) is 5.91 Å². The molecular weight excluding hydrogens is 415 g/mol. The van der Waals surface area contributed by atoms with Gasteiger partial charge in [-0.25, -0.2) is 9.97 Å². The topological polar surface area (TPSA) is 104 Å². The number of benzene rings is 1. The Balaban J connectivity index is 0.00000210. The van der Waals surface area contributed by atoms with Crippen LogP contribution in [0.15, 0.2) is 36.7 Å². The molecule has 0 unspecified atom stereocenters. The van der Waals surface area contributed by atoms with Crippen LogP contribution in [0.25, 0.3) is 0 Å². The lowest BCUT2D eigenvalue weighted by molar-refractivity contribution is -0.131. The number of amides is 2. The minimum atomic E-state index is -0.210. The van der Waals surface area contributed by atoms with Crippen molar-refractivity contribution in [2.24, 2.45) is 0 Å². The second-order valence-corrected chi connectivity index (χ2v) is 6.50. The molecule has 0 bridgehead atoms. The van der Waals surface area contributed by atoms with E-state index in [2.05, 4.69) is 20.2 Å². The number of halogens is 2. The molecule has 2 aromatic rings. The first kappa shape index (κ1) is 24.5. The molecule has 0 radical (unpaired) electrons. The maximum Gasteiger partial charge on any atom is 0.251 e. The number of aryl methyl sites for hydroxylation is 1. The van der Waals surface area contributed by atoms with Crippen LogP contribution >= 0.6 is 24.8 Å². The van der Waals surface area contributed by atoms with Gasteiger partial charge in [-0.2, -0.15) is 0 Å². The average Bonchev–Trinajstić information content (AvgIpc) is 2.70. The molecule has 8 nitrogen and oxygen atoms in total. The van der Waals surface area contributed by atoms with Gasteiger partial charge in [0, 0.05) is 62.8 Å². The Kier molecular flexibility index (Phi) is 9.64. The van der Waals surface area contributed by atoms with Crippen LogP contribution in [0.3, 0.4) is 0 Å². The van der Waals surface area contributed by atoms with E-state index in [1.165, 1.54) is 0 Å². The largest absolute Gasteiger partial charge is 0.399 e. The minimum absolute atomic E-state index is 0. The fourth-order valence-corrected chi connectivity index (χ4v) is 3.03. The zero-order chi connectivity index (χ0) is 19.2. The summed E-state index contributed by atoms with van der Waals surface area (Å²) in [5, 5.41) is 2.80. The van der Waals surface area contributed by atoms with E-state index in [1.54, 1.807) is 30.6 Å². The van der Waals surface area contributed by atoms with Crippen molar-refractivity contribution in [2.45, 2.75) is 13.3 Å². The van der Waals surface area contributed by atoms with Crippen molar-refractivity contribution in [3.05, 3.63) is 47.8 Å². The summed E-state index contributed by atoms with van der Waals surface area (Å²) in [5.74, 6) is 0.515. The van der Waals surface area contributed by atoms with Crippen LogP contribution in [0.1, 0.15) is 22.3 Å². The Bertz CT molecular complexity index is 814. The first-order valence-corrected chi connectivity index (χ1v) is 8.98. The number of carbonyl (C=O) groups excluding carboxylic acids is 2. The van der Waals surface area contributed by atoms with Crippen molar-refractivity contribution in [2.75, 3.05) is 43.4 Å². The van der Waals surface area contributed by atoms with Crippen LogP contribution in [-0.2, 0) is 4.79 Å². The van der Waals surface area contributed by atoms with Crippen molar-refractivity contribution < 1.29 is 9.59 Å². The molecule has 0 spiro atoms. The Morgan fingerprint density at radius 2 is 1.76 bits per heavy atom. The van der Waals surface area contributed by atoms with Crippen molar-refractivity contribution >= 4 is 48.3 Å².